The van der Waals surface area contributed by atoms with Crippen LogP contribution in [0.1, 0.15) is 31.2 Å². The normalized spacial score (nSPS) is 22.2. The van der Waals surface area contributed by atoms with Gasteiger partial charge in [0.2, 0.25) is 0 Å². The number of fused-ring (bicyclic) bond motifs is 1. The molecule has 20 heavy (non-hydrogen) atoms. The second-order valence-corrected chi connectivity index (χ2v) is 7.41. The lowest BCUT2D eigenvalue weighted by Gasteiger charge is -2.24. The van der Waals surface area contributed by atoms with Gasteiger partial charge >= 0.3 is 0 Å². The Balaban J connectivity index is 2.09. The van der Waals surface area contributed by atoms with Gasteiger partial charge in [-0.15, -0.1) is 11.6 Å². The number of thioether (sulfide) groups is 1. The minimum Gasteiger partial charge on any atom is -0.326 e. The molecule has 1 fully saturated rings. The van der Waals surface area contributed by atoms with Crippen LogP contribution in [0.4, 0.5) is 0 Å². The molecule has 5 heteroatoms. The standard InChI is InChI=1S/C15H16ClN3S/c1-15(5-2-6-20-15)10-19-13-7-11(9-17)3-4-12(13)18-14(19)8-16/h3-4,7H,2,5-6,8,10H2,1H3. The molecule has 3 nitrogen and oxygen atoms in total. The summed E-state index contributed by atoms with van der Waals surface area (Å²) in [5.74, 6) is 2.52. The van der Waals surface area contributed by atoms with Crippen molar-refractivity contribution in [2.75, 3.05) is 5.75 Å². The van der Waals surface area contributed by atoms with Crippen molar-refractivity contribution in [3.63, 3.8) is 0 Å². The van der Waals surface area contributed by atoms with Gasteiger partial charge in [-0.2, -0.15) is 17.0 Å². The molecule has 0 bridgehead atoms. The molecule has 1 aliphatic rings. The Hall–Kier alpha value is -1.18. The molecule has 0 aliphatic carbocycles. The van der Waals surface area contributed by atoms with Crippen LogP contribution in [0, 0.1) is 11.3 Å². The minimum atomic E-state index is 0.247. The number of nitrogens with zero attached hydrogens (tertiary/aromatic N) is 3. The average molecular weight is 306 g/mol. The van der Waals surface area contributed by atoms with Gasteiger partial charge in [0.15, 0.2) is 0 Å². The first-order valence-corrected chi connectivity index (χ1v) is 8.26. The van der Waals surface area contributed by atoms with E-state index < -0.39 is 0 Å². The zero-order valence-corrected chi connectivity index (χ0v) is 13.0. The summed E-state index contributed by atoms with van der Waals surface area (Å²) in [6, 6.07) is 7.83. The molecule has 1 aromatic heterocycles. The number of nitriles is 1. The van der Waals surface area contributed by atoms with Gasteiger partial charge in [0.1, 0.15) is 5.82 Å². The zero-order valence-electron chi connectivity index (χ0n) is 11.4. The topological polar surface area (TPSA) is 41.6 Å². The third-order valence-electron chi connectivity index (χ3n) is 3.87. The van der Waals surface area contributed by atoms with Crippen LogP contribution in [0.5, 0.6) is 0 Å². The van der Waals surface area contributed by atoms with Crippen molar-refractivity contribution in [1.82, 2.24) is 9.55 Å². The van der Waals surface area contributed by atoms with Gasteiger partial charge in [0, 0.05) is 11.3 Å². The third kappa shape index (κ3) is 2.41. The molecule has 2 heterocycles. The second-order valence-electron chi connectivity index (χ2n) is 5.47. The zero-order chi connectivity index (χ0) is 14.2. The van der Waals surface area contributed by atoms with E-state index in [4.69, 9.17) is 16.9 Å². The molecule has 2 aromatic rings. The first-order chi connectivity index (χ1) is 9.65. The number of imidazole rings is 1. The molecule has 0 spiro atoms. The number of halogens is 1. The average Bonchev–Trinajstić information content (AvgIpc) is 3.03. The summed E-state index contributed by atoms with van der Waals surface area (Å²) in [4.78, 5) is 4.59. The van der Waals surface area contributed by atoms with Gasteiger partial charge in [-0.05, 0) is 43.7 Å². The van der Waals surface area contributed by atoms with Crippen LogP contribution < -0.4 is 0 Å². The van der Waals surface area contributed by atoms with Crippen LogP contribution in [0.15, 0.2) is 18.2 Å². The van der Waals surface area contributed by atoms with Crippen molar-refractivity contribution >= 4 is 34.4 Å². The highest BCUT2D eigenvalue weighted by Crippen LogP contribution is 2.40. The number of aromatic nitrogens is 2. The van der Waals surface area contributed by atoms with Crippen LogP contribution >= 0.6 is 23.4 Å². The molecule has 0 N–H and O–H groups in total. The third-order valence-corrected chi connectivity index (χ3v) is 5.63. The van der Waals surface area contributed by atoms with Gasteiger partial charge < -0.3 is 4.57 Å². The molecular formula is C15H16ClN3S. The molecule has 104 valence electrons. The maximum Gasteiger partial charge on any atom is 0.124 e. The Morgan fingerprint density at radius 1 is 1.55 bits per heavy atom. The van der Waals surface area contributed by atoms with E-state index in [1.807, 2.05) is 30.0 Å². The van der Waals surface area contributed by atoms with Gasteiger partial charge in [0.05, 0.1) is 28.5 Å². The highest BCUT2D eigenvalue weighted by molar-refractivity contribution is 8.00. The Labute approximate surface area is 127 Å². The van der Waals surface area contributed by atoms with E-state index in [2.05, 4.69) is 22.5 Å². The Kier molecular flexibility index (Phi) is 3.66. The predicted octanol–water partition coefficient (Wildman–Crippen LogP) is 3.93. The molecule has 1 aliphatic heterocycles. The number of benzene rings is 1. The van der Waals surface area contributed by atoms with E-state index in [1.54, 1.807) is 0 Å². The molecule has 1 atom stereocenters. The maximum atomic E-state index is 9.08. The predicted molar refractivity (Wildman–Crippen MR) is 84.1 cm³/mol. The van der Waals surface area contributed by atoms with E-state index in [-0.39, 0.29) is 4.75 Å². The Morgan fingerprint density at radius 3 is 3.05 bits per heavy atom. The molecule has 0 radical (unpaired) electrons. The molecule has 1 aromatic carbocycles. The SMILES string of the molecule is CC1(Cn2c(CCl)nc3ccc(C#N)cc32)CCCS1. The Morgan fingerprint density at radius 2 is 2.40 bits per heavy atom. The number of hydrogen-bond donors (Lipinski definition) is 0. The van der Waals surface area contributed by atoms with Crippen LogP contribution in [-0.2, 0) is 12.4 Å². The molecule has 0 saturated carbocycles. The fourth-order valence-electron chi connectivity index (χ4n) is 2.82. The largest absolute Gasteiger partial charge is 0.326 e. The fourth-order valence-corrected chi connectivity index (χ4v) is 4.31. The van der Waals surface area contributed by atoms with Crippen LogP contribution in [0.2, 0.25) is 0 Å². The van der Waals surface area contributed by atoms with Crippen molar-refractivity contribution in [3.8, 4) is 6.07 Å². The van der Waals surface area contributed by atoms with Gasteiger partial charge in [-0.25, -0.2) is 4.98 Å². The van der Waals surface area contributed by atoms with E-state index in [0.717, 1.165) is 23.4 Å². The molecule has 0 amide bonds. The van der Waals surface area contributed by atoms with Crippen LogP contribution in [0.3, 0.4) is 0 Å². The quantitative estimate of drug-likeness (QED) is 0.807. The van der Waals surface area contributed by atoms with E-state index in [1.165, 1.54) is 18.6 Å². The highest BCUT2D eigenvalue weighted by Gasteiger charge is 2.31. The van der Waals surface area contributed by atoms with Crippen molar-refractivity contribution in [1.29, 1.82) is 5.26 Å². The van der Waals surface area contributed by atoms with Gasteiger partial charge in [0.25, 0.3) is 0 Å². The lowest BCUT2D eigenvalue weighted by atomic mass is 10.1. The fraction of sp³-hybridized carbons (Fsp3) is 0.467. The summed E-state index contributed by atoms with van der Waals surface area (Å²) in [6.07, 6.45) is 2.49. The van der Waals surface area contributed by atoms with Crippen molar-refractivity contribution in [2.24, 2.45) is 0 Å². The van der Waals surface area contributed by atoms with Crippen molar-refractivity contribution in [3.05, 3.63) is 29.6 Å². The van der Waals surface area contributed by atoms with E-state index in [0.29, 0.717) is 11.4 Å². The summed E-state index contributed by atoms with van der Waals surface area (Å²) in [7, 11) is 0. The smallest absolute Gasteiger partial charge is 0.124 e. The first kappa shape index (κ1) is 13.8. The summed E-state index contributed by atoms with van der Waals surface area (Å²) in [6.45, 7) is 3.22. The first-order valence-electron chi connectivity index (χ1n) is 6.74. The molecule has 1 unspecified atom stereocenters. The monoisotopic (exact) mass is 305 g/mol. The van der Waals surface area contributed by atoms with Gasteiger partial charge in [-0.1, -0.05) is 0 Å². The van der Waals surface area contributed by atoms with Gasteiger partial charge in [-0.3, -0.25) is 0 Å². The lowest BCUT2D eigenvalue weighted by Crippen LogP contribution is -2.24. The van der Waals surface area contributed by atoms with Crippen LogP contribution in [-0.4, -0.2) is 20.1 Å². The van der Waals surface area contributed by atoms with E-state index in [9.17, 15) is 0 Å². The number of rotatable bonds is 3. The lowest BCUT2D eigenvalue weighted by molar-refractivity contribution is 0.510. The van der Waals surface area contributed by atoms with E-state index >= 15 is 0 Å². The summed E-state index contributed by atoms with van der Waals surface area (Å²) in [5, 5.41) is 9.08. The summed E-state index contributed by atoms with van der Waals surface area (Å²) in [5.41, 5.74) is 2.61. The Bertz CT molecular complexity index is 680. The minimum absolute atomic E-state index is 0.247. The molecule has 3 rings (SSSR count). The molecule has 1 saturated heterocycles. The summed E-state index contributed by atoms with van der Waals surface area (Å²) < 4.78 is 2.44. The number of hydrogen-bond acceptors (Lipinski definition) is 3. The van der Waals surface area contributed by atoms with Crippen LogP contribution in [0.25, 0.3) is 11.0 Å². The van der Waals surface area contributed by atoms with Crippen molar-refractivity contribution in [2.45, 2.75) is 36.9 Å². The maximum absolute atomic E-state index is 9.08. The summed E-state index contributed by atoms with van der Waals surface area (Å²) >= 11 is 8.08. The second kappa shape index (κ2) is 5.31. The number of alkyl halides is 1. The molecular weight excluding hydrogens is 290 g/mol. The highest BCUT2D eigenvalue weighted by atomic mass is 35.5. The van der Waals surface area contributed by atoms with Crippen molar-refractivity contribution < 1.29 is 0 Å².